The first-order chi connectivity index (χ1) is 12.5. The van der Waals surface area contributed by atoms with Crippen LogP contribution in [0.3, 0.4) is 0 Å². The number of aliphatic hydroxyl groups excluding tert-OH is 1. The van der Waals surface area contributed by atoms with Crippen molar-refractivity contribution in [1.82, 2.24) is 4.98 Å². The maximum atomic E-state index is 12.8. The molecule has 1 atom stereocenters. The number of amides is 1. The fourth-order valence-electron chi connectivity index (χ4n) is 2.98. The molecule has 1 aliphatic rings. The van der Waals surface area contributed by atoms with Crippen LogP contribution < -0.4 is 4.90 Å². The molecule has 1 N–H and O–H groups in total. The van der Waals surface area contributed by atoms with Crippen LogP contribution in [0.2, 0.25) is 0 Å². The third-order valence-corrected chi connectivity index (χ3v) is 4.27. The summed E-state index contributed by atoms with van der Waals surface area (Å²) in [5.74, 6) is -1.85. The zero-order chi connectivity index (χ0) is 18.8. The molecule has 26 heavy (non-hydrogen) atoms. The number of hydrogen-bond donors (Lipinski definition) is 1. The molecule has 1 aromatic carbocycles. The molecule has 0 saturated heterocycles. The molecule has 6 nitrogen and oxygen atoms in total. The van der Waals surface area contributed by atoms with E-state index in [0.29, 0.717) is 16.8 Å². The first kappa shape index (κ1) is 17.4. The second-order valence-electron chi connectivity index (χ2n) is 6.30. The molecule has 3 rings (SSSR count). The van der Waals surface area contributed by atoms with Crippen LogP contribution in [-0.4, -0.2) is 21.8 Å². The first-order valence-electron chi connectivity index (χ1n) is 8.16. The summed E-state index contributed by atoms with van der Waals surface area (Å²) in [7, 11) is 0. The van der Waals surface area contributed by atoms with Gasteiger partial charge in [0.05, 0.1) is 23.2 Å². The van der Waals surface area contributed by atoms with Gasteiger partial charge in [-0.3, -0.25) is 19.5 Å². The molecule has 1 unspecified atom stereocenters. The summed E-state index contributed by atoms with van der Waals surface area (Å²) < 4.78 is 0. The van der Waals surface area contributed by atoms with Crippen molar-refractivity contribution < 1.29 is 14.7 Å². The normalized spacial score (nSPS) is 16.9. The maximum Gasteiger partial charge on any atom is 0.294 e. The smallest absolute Gasteiger partial charge is 0.294 e. The number of carbonyl (C=O) groups excluding carboxylic acids is 2. The first-order valence-corrected chi connectivity index (χ1v) is 8.16. The van der Waals surface area contributed by atoms with Crippen LogP contribution >= 0.6 is 0 Å². The number of ketones is 1. The summed E-state index contributed by atoms with van der Waals surface area (Å²) in [4.78, 5) is 30.9. The van der Waals surface area contributed by atoms with Crippen molar-refractivity contribution in [3.05, 3.63) is 71.3 Å². The van der Waals surface area contributed by atoms with Gasteiger partial charge in [-0.2, -0.15) is 5.26 Å². The van der Waals surface area contributed by atoms with Crippen LogP contribution in [0.1, 0.15) is 31.0 Å². The Labute approximate surface area is 151 Å². The number of benzene rings is 1. The van der Waals surface area contributed by atoms with E-state index >= 15 is 0 Å². The lowest BCUT2D eigenvalue weighted by Crippen LogP contribution is -2.31. The van der Waals surface area contributed by atoms with Crippen LogP contribution in [0.5, 0.6) is 0 Å². The third kappa shape index (κ3) is 2.84. The maximum absolute atomic E-state index is 12.8. The van der Waals surface area contributed by atoms with Crippen molar-refractivity contribution in [3.8, 4) is 6.07 Å². The number of nitrogens with zero attached hydrogens (tertiary/aromatic N) is 3. The van der Waals surface area contributed by atoms with Gasteiger partial charge >= 0.3 is 0 Å². The van der Waals surface area contributed by atoms with E-state index in [9.17, 15) is 14.7 Å². The van der Waals surface area contributed by atoms with Crippen molar-refractivity contribution in [2.24, 2.45) is 5.92 Å². The van der Waals surface area contributed by atoms with E-state index in [4.69, 9.17) is 5.26 Å². The van der Waals surface area contributed by atoms with Crippen molar-refractivity contribution >= 4 is 17.4 Å². The Hall–Kier alpha value is -3.46. The number of nitriles is 1. The van der Waals surface area contributed by atoms with Crippen molar-refractivity contribution in [3.63, 3.8) is 0 Å². The average molecular weight is 347 g/mol. The summed E-state index contributed by atoms with van der Waals surface area (Å²) in [6, 6.07) is 11.1. The van der Waals surface area contributed by atoms with Gasteiger partial charge in [0.15, 0.2) is 11.5 Å². The van der Waals surface area contributed by atoms with Crippen LogP contribution in [0.25, 0.3) is 0 Å². The highest BCUT2D eigenvalue weighted by molar-refractivity contribution is 6.16. The number of carbonyl (C=O) groups is 2. The molecular formula is C20H17N3O3. The predicted molar refractivity (Wildman–Crippen MR) is 95.1 cm³/mol. The van der Waals surface area contributed by atoms with Gasteiger partial charge in [0.25, 0.3) is 5.91 Å². The van der Waals surface area contributed by atoms with Gasteiger partial charge in [0.2, 0.25) is 0 Å². The molecule has 130 valence electrons. The van der Waals surface area contributed by atoms with Crippen LogP contribution in [-0.2, 0) is 9.59 Å². The Morgan fingerprint density at radius 2 is 1.96 bits per heavy atom. The number of pyridine rings is 1. The lowest BCUT2D eigenvalue weighted by molar-refractivity contribution is -0.119. The van der Waals surface area contributed by atoms with E-state index in [2.05, 4.69) is 4.98 Å². The highest BCUT2D eigenvalue weighted by Crippen LogP contribution is 2.41. The molecule has 0 aliphatic carbocycles. The average Bonchev–Trinajstić information content (AvgIpc) is 2.93. The Morgan fingerprint density at radius 1 is 1.27 bits per heavy atom. The molecule has 0 spiro atoms. The quantitative estimate of drug-likeness (QED) is 0.917. The molecule has 6 heteroatoms. The van der Waals surface area contributed by atoms with E-state index in [1.54, 1.807) is 62.6 Å². The molecule has 0 fully saturated rings. The number of anilines is 1. The molecule has 1 amide bonds. The van der Waals surface area contributed by atoms with E-state index in [1.165, 1.54) is 4.90 Å². The van der Waals surface area contributed by atoms with Gasteiger partial charge in [-0.15, -0.1) is 0 Å². The molecule has 0 bridgehead atoms. The Bertz CT molecular complexity index is 925. The Balaban J connectivity index is 2.16. The predicted octanol–water partition coefficient (Wildman–Crippen LogP) is 3.08. The topological polar surface area (TPSA) is 94.3 Å². The Morgan fingerprint density at radius 3 is 2.50 bits per heavy atom. The number of aliphatic hydroxyl groups is 1. The monoisotopic (exact) mass is 347 g/mol. The van der Waals surface area contributed by atoms with Gasteiger partial charge in [-0.05, 0) is 35.9 Å². The van der Waals surface area contributed by atoms with Crippen LogP contribution in [0.4, 0.5) is 5.69 Å². The molecule has 0 saturated carbocycles. The summed E-state index contributed by atoms with van der Waals surface area (Å²) in [6.45, 7) is 3.44. The van der Waals surface area contributed by atoms with Crippen molar-refractivity contribution in [1.29, 1.82) is 5.26 Å². The molecule has 0 radical (unpaired) electrons. The van der Waals surface area contributed by atoms with Gasteiger partial charge < -0.3 is 5.11 Å². The van der Waals surface area contributed by atoms with E-state index in [1.807, 2.05) is 6.07 Å². The number of hydrogen-bond acceptors (Lipinski definition) is 5. The van der Waals surface area contributed by atoms with E-state index in [-0.39, 0.29) is 17.3 Å². The highest BCUT2D eigenvalue weighted by Gasteiger charge is 2.44. The zero-order valence-electron chi connectivity index (χ0n) is 14.4. The van der Waals surface area contributed by atoms with Crippen LogP contribution in [0, 0.1) is 17.2 Å². The summed E-state index contributed by atoms with van der Waals surface area (Å²) in [5.41, 5.74) is 1.63. The van der Waals surface area contributed by atoms with Gasteiger partial charge in [0, 0.05) is 24.0 Å². The third-order valence-electron chi connectivity index (χ3n) is 4.27. The van der Waals surface area contributed by atoms with Crippen molar-refractivity contribution in [2.45, 2.75) is 19.9 Å². The standard InChI is InChI=1S/C20H17N3O3/c1-12(2)18(24)16-17(14-4-3-9-22-11-14)23(20(26)19(16)25)15-7-5-13(10-21)6-8-15/h3-9,11-12,17,25H,1-2H3. The zero-order valence-corrected chi connectivity index (χ0v) is 14.4. The van der Waals surface area contributed by atoms with E-state index < -0.39 is 17.7 Å². The number of aromatic nitrogens is 1. The fourth-order valence-corrected chi connectivity index (χ4v) is 2.98. The summed E-state index contributed by atoms with van der Waals surface area (Å²) >= 11 is 0. The Kier molecular flexibility index (Phi) is 4.55. The second kappa shape index (κ2) is 6.81. The minimum absolute atomic E-state index is 0.0716. The molecular weight excluding hydrogens is 330 g/mol. The second-order valence-corrected chi connectivity index (χ2v) is 6.30. The molecule has 1 aromatic heterocycles. The van der Waals surface area contributed by atoms with Crippen LogP contribution in [0.15, 0.2) is 60.1 Å². The molecule has 2 aromatic rings. The van der Waals surface area contributed by atoms with Gasteiger partial charge in [0.1, 0.15) is 0 Å². The van der Waals surface area contributed by atoms with Gasteiger partial charge in [-0.1, -0.05) is 19.9 Å². The van der Waals surface area contributed by atoms with Gasteiger partial charge in [-0.25, -0.2) is 0 Å². The van der Waals surface area contributed by atoms with E-state index in [0.717, 1.165) is 0 Å². The summed E-state index contributed by atoms with van der Waals surface area (Å²) in [6.07, 6.45) is 3.17. The molecule has 1 aliphatic heterocycles. The minimum Gasteiger partial charge on any atom is -0.503 e. The largest absolute Gasteiger partial charge is 0.503 e. The summed E-state index contributed by atoms with van der Waals surface area (Å²) in [5, 5.41) is 19.4. The minimum atomic E-state index is -0.765. The SMILES string of the molecule is CC(C)C(=O)C1=C(O)C(=O)N(c2ccc(C#N)cc2)C1c1cccnc1. The fraction of sp³-hybridized carbons (Fsp3) is 0.200. The number of Topliss-reactive ketones (excluding diaryl/α,β-unsaturated/α-hetero) is 1. The highest BCUT2D eigenvalue weighted by atomic mass is 16.3. The lowest BCUT2D eigenvalue weighted by atomic mass is 9.92. The number of rotatable bonds is 4. The lowest BCUT2D eigenvalue weighted by Gasteiger charge is -2.27. The molecule has 2 heterocycles. The van der Waals surface area contributed by atoms with Crippen molar-refractivity contribution in [2.75, 3.05) is 4.90 Å².